The van der Waals surface area contributed by atoms with E-state index in [1.165, 1.54) is 12.5 Å². The summed E-state index contributed by atoms with van der Waals surface area (Å²) < 4.78 is 19.6. The van der Waals surface area contributed by atoms with Crippen LogP contribution in [0.25, 0.3) is 0 Å². The quantitative estimate of drug-likeness (QED) is 0.750. The second-order valence-corrected chi connectivity index (χ2v) is 5.62. The van der Waals surface area contributed by atoms with Gasteiger partial charge in [0.25, 0.3) is 0 Å². The highest BCUT2D eigenvalue weighted by Gasteiger charge is 2.32. The second-order valence-electron chi connectivity index (χ2n) is 5.62. The smallest absolute Gasteiger partial charge is 0.194 e. The summed E-state index contributed by atoms with van der Waals surface area (Å²) in [6.45, 7) is 4.24. The second kappa shape index (κ2) is 6.98. The zero-order chi connectivity index (χ0) is 14.5. The van der Waals surface area contributed by atoms with Gasteiger partial charge in [-0.15, -0.1) is 0 Å². The molecule has 1 unspecified atom stereocenters. The van der Waals surface area contributed by atoms with Gasteiger partial charge in [0.1, 0.15) is 11.9 Å². The molecule has 3 heteroatoms. The van der Waals surface area contributed by atoms with E-state index < -0.39 is 11.9 Å². The molecule has 20 heavy (non-hydrogen) atoms. The Morgan fingerprint density at radius 2 is 2.05 bits per heavy atom. The highest BCUT2D eigenvalue weighted by molar-refractivity contribution is 6.00. The highest BCUT2D eigenvalue weighted by Crippen LogP contribution is 2.30. The lowest BCUT2D eigenvalue weighted by molar-refractivity contribution is 0.0124. The van der Waals surface area contributed by atoms with E-state index in [9.17, 15) is 9.18 Å². The van der Waals surface area contributed by atoms with Crippen molar-refractivity contribution in [2.24, 2.45) is 5.92 Å². The predicted octanol–water partition coefficient (Wildman–Crippen LogP) is 4.30. The number of hydrogen-bond donors (Lipinski definition) is 0. The van der Waals surface area contributed by atoms with Crippen molar-refractivity contribution in [3.63, 3.8) is 0 Å². The summed E-state index contributed by atoms with van der Waals surface area (Å²) in [5.74, 6) is -0.405. The van der Waals surface area contributed by atoms with E-state index in [0.29, 0.717) is 6.61 Å². The average Bonchev–Trinajstić information content (AvgIpc) is 2.47. The van der Waals surface area contributed by atoms with Crippen LogP contribution in [0.1, 0.15) is 54.9 Å². The number of halogens is 1. The monoisotopic (exact) mass is 278 g/mol. The van der Waals surface area contributed by atoms with Crippen LogP contribution in [0, 0.1) is 18.7 Å². The van der Waals surface area contributed by atoms with Crippen LogP contribution in [0.2, 0.25) is 0 Å². The highest BCUT2D eigenvalue weighted by atomic mass is 19.1. The van der Waals surface area contributed by atoms with Crippen molar-refractivity contribution in [2.45, 2.75) is 52.1 Å². The minimum absolute atomic E-state index is 0.175. The van der Waals surface area contributed by atoms with Gasteiger partial charge in [-0.05, 0) is 44.7 Å². The van der Waals surface area contributed by atoms with Gasteiger partial charge in [-0.1, -0.05) is 30.9 Å². The normalized spacial score (nSPS) is 17.9. The maximum absolute atomic E-state index is 13.9. The van der Waals surface area contributed by atoms with E-state index in [1.54, 1.807) is 12.1 Å². The standard InChI is InChI=1S/C17H23FO2/c1-3-20-17(13-7-5-4-6-8-13)16(19)14-11-12(2)9-10-15(14)18/h9-11,13,17H,3-8H2,1-2H3. The summed E-state index contributed by atoms with van der Waals surface area (Å²) in [5.41, 5.74) is 1.07. The van der Waals surface area contributed by atoms with Gasteiger partial charge in [0.15, 0.2) is 5.78 Å². The van der Waals surface area contributed by atoms with Crippen LogP contribution in [0.15, 0.2) is 18.2 Å². The molecule has 0 N–H and O–H groups in total. The largest absolute Gasteiger partial charge is 0.370 e. The molecule has 2 rings (SSSR count). The van der Waals surface area contributed by atoms with E-state index in [0.717, 1.165) is 31.2 Å². The van der Waals surface area contributed by atoms with E-state index >= 15 is 0 Å². The van der Waals surface area contributed by atoms with Gasteiger partial charge in [0.2, 0.25) is 0 Å². The molecule has 0 bridgehead atoms. The summed E-state index contributed by atoms with van der Waals surface area (Å²) in [4.78, 5) is 12.6. The van der Waals surface area contributed by atoms with Gasteiger partial charge in [-0.25, -0.2) is 4.39 Å². The number of hydrogen-bond acceptors (Lipinski definition) is 2. The molecule has 1 aliphatic carbocycles. The van der Waals surface area contributed by atoms with Crippen LogP contribution in [0.5, 0.6) is 0 Å². The van der Waals surface area contributed by atoms with Gasteiger partial charge in [-0.2, -0.15) is 0 Å². The lowest BCUT2D eigenvalue weighted by Gasteiger charge is -2.29. The third-order valence-electron chi connectivity index (χ3n) is 4.07. The first-order chi connectivity index (χ1) is 9.63. The van der Waals surface area contributed by atoms with E-state index in [1.807, 2.05) is 13.8 Å². The van der Waals surface area contributed by atoms with Crippen LogP contribution >= 0.6 is 0 Å². The van der Waals surface area contributed by atoms with Crippen molar-refractivity contribution in [3.8, 4) is 0 Å². The van der Waals surface area contributed by atoms with Gasteiger partial charge in [0.05, 0.1) is 5.56 Å². The fourth-order valence-corrected chi connectivity index (χ4v) is 3.02. The van der Waals surface area contributed by atoms with Crippen molar-refractivity contribution >= 4 is 5.78 Å². The third-order valence-corrected chi connectivity index (χ3v) is 4.07. The molecule has 1 saturated carbocycles. The minimum atomic E-state index is -0.489. The molecule has 0 amide bonds. The van der Waals surface area contributed by atoms with Gasteiger partial charge in [0, 0.05) is 6.61 Å². The van der Waals surface area contributed by atoms with Crippen LogP contribution in [0.4, 0.5) is 4.39 Å². The molecule has 1 aromatic rings. The molecule has 0 radical (unpaired) electrons. The number of carbonyl (C=O) groups is 1. The van der Waals surface area contributed by atoms with Crippen molar-refractivity contribution in [3.05, 3.63) is 35.1 Å². The molecule has 0 heterocycles. The molecule has 1 fully saturated rings. The zero-order valence-electron chi connectivity index (χ0n) is 12.3. The Kier molecular flexibility index (Phi) is 5.30. The van der Waals surface area contributed by atoms with Crippen molar-refractivity contribution < 1.29 is 13.9 Å². The number of rotatable bonds is 5. The maximum Gasteiger partial charge on any atom is 0.194 e. The van der Waals surface area contributed by atoms with E-state index in [-0.39, 0.29) is 17.3 Å². The summed E-state index contributed by atoms with van der Waals surface area (Å²) in [5, 5.41) is 0. The van der Waals surface area contributed by atoms with Crippen LogP contribution in [-0.2, 0) is 4.74 Å². The van der Waals surface area contributed by atoms with Crippen LogP contribution < -0.4 is 0 Å². The van der Waals surface area contributed by atoms with Crippen LogP contribution in [-0.4, -0.2) is 18.5 Å². The Labute approximate surface area is 120 Å². The van der Waals surface area contributed by atoms with Crippen molar-refractivity contribution in [1.29, 1.82) is 0 Å². The first-order valence-corrected chi connectivity index (χ1v) is 7.55. The molecule has 2 nitrogen and oxygen atoms in total. The van der Waals surface area contributed by atoms with E-state index in [2.05, 4.69) is 0 Å². The Hall–Kier alpha value is -1.22. The van der Waals surface area contributed by atoms with Gasteiger partial charge < -0.3 is 4.74 Å². The minimum Gasteiger partial charge on any atom is -0.370 e. The van der Waals surface area contributed by atoms with Crippen molar-refractivity contribution in [1.82, 2.24) is 0 Å². The fourth-order valence-electron chi connectivity index (χ4n) is 3.02. The summed E-state index contributed by atoms with van der Waals surface area (Å²) in [7, 11) is 0. The summed E-state index contributed by atoms with van der Waals surface area (Å²) in [6, 6.07) is 4.68. The first kappa shape index (κ1) is 15.2. The summed E-state index contributed by atoms with van der Waals surface area (Å²) >= 11 is 0. The Balaban J connectivity index is 2.23. The lowest BCUT2D eigenvalue weighted by Crippen LogP contribution is -2.34. The summed E-state index contributed by atoms with van der Waals surface area (Å²) in [6.07, 6.45) is 5.02. The molecule has 1 aromatic carbocycles. The Morgan fingerprint density at radius 1 is 1.35 bits per heavy atom. The number of benzene rings is 1. The number of ketones is 1. The third kappa shape index (κ3) is 3.45. The molecular weight excluding hydrogens is 255 g/mol. The Bertz CT molecular complexity index is 464. The molecule has 0 saturated heterocycles. The molecule has 1 atom stereocenters. The zero-order valence-corrected chi connectivity index (χ0v) is 12.3. The van der Waals surface area contributed by atoms with Crippen molar-refractivity contribution in [2.75, 3.05) is 6.61 Å². The van der Waals surface area contributed by atoms with E-state index in [4.69, 9.17) is 4.74 Å². The number of aryl methyl sites for hydroxylation is 1. The maximum atomic E-state index is 13.9. The number of Topliss-reactive ketones (excluding diaryl/α,β-unsaturated/α-hetero) is 1. The Morgan fingerprint density at radius 3 is 2.70 bits per heavy atom. The predicted molar refractivity (Wildman–Crippen MR) is 77.5 cm³/mol. The van der Waals surface area contributed by atoms with Crippen LogP contribution in [0.3, 0.4) is 0 Å². The molecule has 110 valence electrons. The molecule has 0 aliphatic heterocycles. The molecule has 1 aliphatic rings. The fraction of sp³-hybridized carbons (Fsp3) is 0.588. The molecule has 0 aromatic heterocycles. The lowest BCUT2D eigenvalue weighted by atomic mass is 9.82. The topological polar surface area (TPSA) is 26.3 Å². The van der Waals surface area contributed by atoms with Gasteiger partial charge in [-0.3, -0.25) is 4.79 Å². The first-order valence-electron chi connectivity index (χ1n) is 7.55. The average molecular weight is 278 g/mol. The molecular formula is C17H23FO2. The number of ether oxygens (including phenoxy) is 1. The molecule has 0 spiro atoms. The number of carbonyl (C=O) groups excluding carboxylic acids is 1. The SMILES string of the molecule is CCOC(C(=O)c1cc(C)ccc1F)C1CCCCC1. The van der Waals surface area contributed by atoms with Gasteiger partial charge >= 0.3 is 0 Å².